The SMILES string of the molecule is CCc1nc(-c2cc(S(=O)(=O)N3CCCCC3)ccc2OC)no1. The Morgan fingerprint density at radius 3 is 2.62 bits per heavy atom. The standard InChI is InChI=1S/C16H21N3O4S/c1-3-15-17-16(18-23-15)13-11-12(7-8-14(13)22-2)24(20,21)19-9-5-4-6-10-19/h7-8,11H,3-6,9-10H2,1-2H3. The minimum Gasteiger partial charge on any atom is -0.496 e. The molecule has 1 aliphatic heterocycles. The molecule has 3 rings (SSSR count). The molecule has 1 aliphatic rings. The Hall–Kier alpha value is -1.93. The fourth-order valence-corrected chi connectivity index (χ4v) is 4.33. The van der Waals surface area contributed by atoms with E-state index in [1.54, 1.807) is 18.2 Å². The van der Waals surface area contributed by atoms with Crippen LogP contribution in [0.15, 0.2) is 27.6 Å². The van der Waals surface area contributed by atoms with Crippen LogP contribution in [0.2, 0.25) is 0 Å². The van der Waals surface area contributed by atoms with Crippen LogP contribution in [0.4, 0.5) is 0 Å². The first-order valence-corrected chi connectivity index (χ1v) is 9.51. The number of sulfonamides is 1. The number of nitrogens with zero attached hydrogens (tertiary/aromatic N) is 3. The van der Waals surface area contributed by atoms with E-state index in [1.165, 1.54) is 11.4 Å². The molecule has 1 fully saturated rings. The summed E-state index contributed by atoms with van der Waals surface area (Å²) in [6, 6.07) is 4.76. The zero-order valence-corrected chi connectivity index (χ0v) is 14.7. The van der Waals surface area contributed by atoms with Crippen LogP contribution in [0, 0.1) is 0 Å². The molecule has 7 nitrogen and oxygen atoms in total. The van der Waals surface area contributed by atoms with E-state index >= 15 is 0 Å². The number of aromatic nitrogens is 2. The lowest BCUT2D eigenvalue weighted by atomic mass is 10.2. The van der Waals surface area contributed by atoms with Crippen molar-refractivity contribution in [1.29, 1.82) is 0 Å². The van der Waals surface area contributed by atoms with E-state index in [0.29, 0.717) is 42.5 Å². The van der Waals surface area contributed by atoms with E-state index in [-0.39, 0.29) is 4.90 Å². The fourth-order valence-electron chi connectivity index (χ4n) is 2.78. The van der Waals surface area contributed by atoms with Crippen molar-refractivity contribution >= 4 is 10.0 Å². The molecule has 0 N–H and O–H groups in total. The highest BCUT2D eigenvalue weighted by molar-refractivity contribution is 7.89. The van der Waals surface area contributed by atoms with Crippen molar-refractivity contribution in [2.45, 2.75) is 37.5 Å². The molecule has 2 aromatic rings. The van der Waals surface area contributed by atoms with Gasteiger partial charge in [-0.3, -0.25) is 0 Å². The highest BCUT2D eigenvalue weighted by atomic mass is 32.2. The van der Waals surface area contributed by atoms with Gasteiger partial charge in [-0.25, -0.2) is 8.42 Å². The van der Waals surface area contributed by atoms with Crippen LogP contribution in [0.3, 0.4) is 0 Å². The molecular weight excluding hydrogens is 330 g/mol. The predicted octanol–water partition coefficient (Wildman–Crippen LogP) is 2.48. The molecule has 1 aromatic carbocycles. The molecule has 0 radical (unpaired) electrons. The first-order valence-electron chi connectivity index (χ1n) is 8.07. The summed E-state index contributed by atoms with van der Waals surface area (Å²) in [5, 5.41) is 3.93. The van der Waals surface area contributed by atoms with Gasteiger partial charge in [-0.15, -0.1) is 0 Å². The first-order chi connectivity index (χ1) is 11.6. The van der Waals surface area contributed by atoms with Gasteiger partial charge in [0.25, 0.3) is 0 Å². The summed E-state index contributed by atoms with van der Waals surface area (Å²) in [5.41, 5.74) is 0.513. The van der Waals surface area contributed by atoms with Crippen LogP contribution < -0.4 is 4.74 Å². The summed E-state index contributed by atoms with van der Waals surface area (Å²) >= 11 is 0. The third kappa shape index (κ3) is 3.16. The van der Waals surface area contributed by atoms with Crippen molar-refractivity contribution in [3.63, 3.8) is 0 Å². The van der Waals surface area contributed by atoms with Crippen molar-refractivity contribution in [3.05, 3.63) is 24.1 Å². The monoisotopic (exact) mass is 351 g/mol. The Balaban J connectivity index is 2.02. The van der Waals surface area contributed by atoms with Crippen molar-refractivity contribution in [1.82, 2.24) is 14.4 Å². The lowest BCUT2D eigenvalue weighted by Crippen LogP contribution is -2.35. The normalized spacial score (nSPS) is 16.2. The molecule has 0 unspecified atom stereocenters. The van der Waals surface area contributed by atoms with E-state index in [1.807, 2.05) is 6.92 Å². The molecule has 0 bridgehead atoms. The first kappa shape index (κ1) is 16.9. The highest BCUT2D eigenvalue weighted by Crippen LogP contribution is 2.32. The summed E-state index contributed by atoms with van der Waals surface area (Å²) in [6.45, 7) is 3.03. The number of ether oxygens (including phenoxy) is 1. The van der Waals surface area contributed by atoms with E-state index in [4.69, 9.17) is 9.26 Å². The van der Waals surface area contributed by atoms with E-state index < -0.39 is 10.0 Å². The van der Waals surface area contributed by atoms with Gasteiger partial charge in [0.15, 0.2) is 0 Å². The van der Waals surface area contributed by atoms with Crippen LogP contribution >= 0.6 is 0 Å². The largest absolute Gasteiger partial charge is 0.496 e. The van der Waals surface area contributed by atoms with Gasteiger partial charge in [0.05, 0.1) is 17.6 Å². The number of hydrogen-bond donors (Lipinski definition) is 0. The molecule has 130 valence electrons. The number of rotatable bonds is 5. The minimum absolute atomic E-state index is 0.225. The van der Waals surface area contributed by atoms with Gasteiger partial charge in [0, 0.05) is 19.5 Å². The van der Waals surface area contributed by atoms with Crippen LogP contribution in [0.5, 0.6) is 5.75 Å². The molecule has 0 spiro atoms. The molecule has 1 saturated heterocycles. The lowest BCUT2D eigenvalue weighted by Gasteiger charge is -2.26. The molecule has 24 heavy (non-hydrogen) atoms. The lowest BCUT2D eigenvalue weighted by molar-refractivity contribution is 0.346. The van der Waals surface area contributed by atoms with Crippen LogP contribution in [-0.2, 0) is 16.4 Å². The number of methoxy groups -OCH3 is 1. The number of benzene rings is 1. The van der Waals surface area contributed by atoms with Crippen molar-refractivity contribution in [2.24, 2.45) is 0 Å². The average molecular weight is 351 g/mol. The quantitative estimate of drug-likeness (QED) is 0.823. The maximum absolute atomic E-state index is 12.9. The van der Waals surface area contributed by atoms with Gasteiger partial charge < -0.3 is 9.26 Å². The Labute approximate surface area is 141 Å². The zero-order valence-electron chi connectivity index (χ0n) is 13.9. The van der Waals surface area contributed by atoms with E-state index in [9.17, 15) is 8.42 Å². The predicted molar refractivity (Wildman–Crippen MR) is 88.3 cm³/mol. The smallest absolute Gasteiger partial charge is 0.243 e. The summed E-state index contributed by atoms with van der Waals surface area (Å²) in [7, 11) is -2.00. The van der Waals surface area contributed by atoms with Gasteiger partial charge in [0.1, 0.15) is 5.75 Å². The topological polar surface area (TPSA) is 85.5 Å². The fraction of sp³-hybridized carbons (Fsp3) is 0.500. The van der Waals surface area contributed by atoms with Crippen molar-refractivity contribution < 1.29 is 17.7 Å². The highest BCUT2D eigenvalue weighted by Gasteiger charge is 2.27. The number of hydrogen-bond acceptors (Lipinski definition) is 6. The van der Waals surface area contributed by atoms with Gasteiger partial charge >= 0.3 is 0 Å². The second-order valence-corrected chi connectivity index (χ2v) is 7.63. The Kier molecular flexibility index (Phi) is 4.86. The van der Waals surface area contributed by atoms with Crippen molar-refractivity contribution in [2.75, 3.05) is 20.2 Å². The Morgan fingerprint density at radius 1 is 1.25 bits per heavy atom. The van der Waals surface area contributed by atoms with Crippen LogP contribution in [0.1, 0.15) is 32.1 Å². The molecule has 1 aromatic heterocycles. The summed E-state index contributed by atoms with van der Waals surface area (Å²) in [6.07, 6.45) is 3.48. The average Bonchev–Trinajstić information content (AvgIpc) is 3.11. The second-order valence-electron chi connectivity index (χ2n) is 5.69. The molecule has 0 atom stereocenters. The molecule has 8 heteroatoms. The van der Waals surface area contributed by atoms with Gasteiger partial charge in [-0.1, -0.05) is 18.5 Å². The number of piperidine rings is 1. The maximum Gasteiger partial charge on any atom is 0.243 e. The molecule has 0 saturated carbocycles. The Morgan fingerprint density at radius 2 is 2.00 bits per heavy atom. The third-order valence-corrected chi connectivity index (χ3v) is 6.03. The minimum atomic E-state index is -3.52. The number of aryl methyl sites for hydroxylation is 1. The van der Waals surface area contributed by atoms with Gasteiger partial charge in [0.2, 0.25) is 21.7 Å². The Bertz CT molecular complexity index is 810. The van der Waals surface area contributed by atoms with E-state index in [2.05, 4.69) is 10.1 Å². The van der Waals surface area contributed by atoms with Crippen LogP contribution in [0.25, 0.3) is 11.4 Å². The summed E-state index contributed by atoms with van der Waals surface area (Å²) in [4.78, 5) is 4.50. The van der Waals surface area contributed by atoms with Gasteiger partial charge in [-0.05, 0) is 31.0 Å². The molecule has 0 amide bonds. The zero-order chi connectivity index (χ0) is 17.2. The summed E-state index contributed by atoms with van der Waals surface area (Å²) < 4.78 is 37.7. The summed E-state index contributed by atoms with van der Waals surface area (Å²) in [5.74, 6) is 1.34. The van der Waals surface area contributed by atoms with Gasteiger partial charge in [-0.2, -0.15) is 9.29 Å². The maximum atomic E-state index is 12.9. The van der Waals surface area contributed by atoms with Crippen molar-refractivity contribution in [3.8, 4) is 17.1 Å². The van der Waals surface area contributed by atoms with Crippen LogP contribution in [-0.4, -0.2) is 43.1 Å². The molecule has 0 aliphatic carbocycles. The van der Waals surface area contributed by atoms with E-state index in [0.717, 1.165) is 19.3 Å². The second kappa shape index (κ2) is 6.90. The third-order valence-electron chi connectivity index (χ3n) is 4.14. The molecule has 2 heterocycles. The molecular formula is C16H21N3O4S.